The van der Waals surface area contributed by atoms with Crippen LogP contribution in [0.25, 0.3) is 0 Å². The molecule has 0 unspecified atom stereocenters. The van der Waals surface area contributed by atoms with E-state index in [2.05, 4.69) is 5.32 Å². The van der Waals surface area contributed by atoms with E-state index in [1.54, 1.807) is 0 Å². The highest BCUT2D eigenvalue weighted by atomic mass is 16.1. The molecule has 0 aromatic heterocycles. The van der Waals surface area contributed by atoms with Crippen molar-refractivity contribution in [2.45, 2.75) is 39.7 Å². The van der Waals surface area contributed by atoms with E-state index in [4.69, 9.17) is 0 Å². The largest absolute Gasteiger partial charge is 0.308 e. The molecule has 0 saturated carbocycles. The molecule has 0 aliphatic rings. The van der Waals surface area contributed by atoms with Crippen LogP contribution in [0.4, 0.5) is 0 Å². The Hall–Kier alpha value is -0.370. The molecule has 2 heteroatoms. The normalized spacial score (nSPS) is 13.1. The number of carbonyl (C=O) groups is 1. The first-order chi connectivity index (χ1) is 4.76. The Morgan fingerprint density at radius 1 is 1.50 bits per heavy atom. The van der Waals surface area contributed by atoms with Crippen LogP contribution in [0.2, 0.25) is 0 Å². The molecule has 1 N–H and O–H groups in total. The molecule has 0 aromatic carbocycles. The molecular weight excluding hydrogens is 126 g/mol. The lowest BCUT2D eigenvalue weighted by Gasteiger charge is -2.12. The van der Waals surface area contributed by atoms with Crippen molar-refractivity contribution in [3.63, 3.8) is 0 Å². The number of Topliss-reactive ketones (excluding diaryl/α,β-unsaturated/α-hetero) is 1. The van der Waals surface area contributed by atoms with Crippen molar-refractivity contribution in [3.8, 4) is 0 Å². The number of likely N-dealkylation sites (N-methyl/N-ethyl adjacent to an activating group) is 1. The van der Waals surface area contributed by atoms with Crippen LogP contribution in [0.5, 0.6) is 0 Å². The van der Waals surface area contributed by atoms with Gasteiger partial charge in [-0.1, -0.05) is 20.8 Å². The minimum Gasteiger partial charge on any atom is -0.308 e. The van der Waals surface area contributed by atoms with Crippen LogP contribution in [0.15, 0.2) is 0 Å². The first-order valence-electron chi connectivity index (χ1n) is 4.02. The van der Waals surface area contributed by atoms with Crippen LogP contribution in [0.1, 0.15) is 35.0 Å². The Labute approximate surface area is 64.5 Å². The summed E-state index contributed by atoms with van der Waals surface area (Å²) in [5.41, 5.74) is 0. The van der Waals surface area contributed by atoms with E-state index in [9.17, 15) is 4.79 Å². The molecule has 0 aliphatic carbocycles. The molecule has 62 valence electrons. The van der Waals surface area contributed by atoms with Crippen molar-refractivity contribution in [3.05, 3.63) is 0 Å². The lowest BCUT2D eigenvalue weighted by molar-refractivity contribution is -0.120. The maximum atomic E-state index is 11.1. The van der Waals surface area contributed by atoms with Gasteiger partial charge in [-0.3, -0.25) is 4.79 Å². The molecule has 0 rings (SSSR count). The van der Waals surface area contributed by atoms with Crippen LogP contribution in [-0.4, -0.2) is 18.4 Å². The number of nitrogens with one attached hydrogen (secondary N) is 1. The molecule has 0 aromatic rings. The molecule has 1 atom stereocenters. The van der Waals surface area contributed by atoms with Crippen molar-refractivity contribution in [1.82, 2.24) is 5.32 Å². The average Bonchev–Trinajstić information content (AvgIpc) is 1.99. The second-order valence-electron chi connectivity index (χ2n) is 2.34. The fraction of sp³-hybridized carbons (Fsp3) is 0.875. The van der Waals surface area contributed by atoms with Gasteiger partial charge >= 0.3 is 0 Å². The van der Waals surface area contributed by atoms with Gasteiger partial charge in [0.25, 0.3) is 0 Å². The van der Waals surface area contributed by atoms with Crippen molar-refractivity contribution in [1.29, 1.82) is 0 Å². The zero-order chi connectivity index (χ0) is 7.98. The fourth-order valence-electron chi connectivity index (χ4n) is 0.979. The molecule has 0 spiro atoms. The topological polar surface area (TPSA) is 29.1 Å². The summed E-state index contributed by atoms with van der Waals surface area (Å²) < 4.78 is 0. The van der Waals surface area contributed by atoms with Crippen LogP contribution >= 0.6 is 0 Å². The van der Waals surface area contributed by atoms with Crippen LogP contribution in [-0.2, 0) is 4.79 Å². The fourth-order valence-corrected chi connectivity index (χ4v) is 0.979. The van der Waals surface area contributed by atoms with E-state index in [1.165, 1.54) is 0 Å². The highest BCUT2D eigenvalue weighted by Gasteiger charge is 2.11. The molecular formula is C8H19NO. The highest BCUT2D eigenvalue weighted by Crippen LogP contribution is 1.95. The molecule has 0 fully saturated rings. The van der Waals surface area contributed by atoms with Crippen molar-refractivity contribution >= 4 is 5.78 Å². The molecule has 0 amide bonds. The number of hydrogen-bond acceptors (Lipinski definition) is 2. The standard InChI is InChI=1S/C8H17NO.H2/c1-4-7(9-6-3)8(10)5-2;/h7,9H,4-6H2,1-3H3;1H/t7-;/m0./s1. The van der Waals surface area contributed by atoms with Crippen LogP contribution < -0.4 is 5.32 Å². The molecule has 0 radical (unpaired) electrons. The average molecular weight is 145 g/mol. The van der Waals surface area contributed by atoms with E-state index in [1.807, 2.05) is 20.8 Å². The number of hydrogen-bond donors (Lipinski definition) is 1. The predicted molar refractivity (Wildman–Crippen MR) is 45.2 cm³/mol. The van der Waals surface area contributed by atoms with Gasteiger partial charge in [-0.2, -0.15) is 0 Å². The maximum absolute atomic E-state index is 11.1. The highest BCUT2D eigenvalue weighted by molar-refractivity contribution is 5.83. The molecule has 10 heavy (non-hydrogen) atoms. The summed E-state index contributed by atoms with van der Waals surface area (Å²) >= 11 is 0. The van der Waals surface area contributed by atoms with E-state index in [-0.39, 0.29) is 7.47 Å². The van der Waals surface area contributed by atoms with Gasteiger partial charge in [-0.05, 0) is 13.0 Å². The summed E-state index contributed by atoms with van der Waals surface area (Å²) in [6, 6.07) is 0.0926. The SMILES string of the molecule is CCN[C@@H](CC)C(=O)CC.[HH]. The third-order valence-corrected chi connectivity index (χ3v) is 1.60. The van der Waals surface area contributed by atoms with Gasteiger partial charge in [0.05, 0.1) is 6.04 Å². The number of rotatable bonds is 5. The van der Waals surface area contributed by atoms with Gasteiger partial charge in [0, 0.05) is 7.85 Å². The summed E-state index contributed by atoms with van der Waals surface area (Å²) in [6.07, 6.45) is 1.55. The Kier molecular flexibility index (Phi) is 5.22. The Morgan fingerprint density at radius 3 is 2.40 bits per heavy atom. The first kappa shape index (κ1) is 9.63. The summed E-state index contributed by atoms with van der Waals surface area (Å²) in [4.78, 5) is 11.1. The quantitative estimate of drug-likeness (QED) is 0.636. The van der Waals surface area contributed by atoms with Gasteiger partial charge in [-0.25, -0.2) is 0 Å². The van der Waals surface area contributed by atoms with Crippen molar-refractivity contribution in [2.24, 2.45) is 0 Å². The van der Waals surface area contributed by atoms with E-state index in [0.717, 1.165) is 13.0 Å². The summed E-state index contributed by atoms with van der Waals surface area (Å²) in [5.74, 6) is 0.323. The minimum atomic E-state index is 0. The monoisotopic (exact) mass is 145 g/mol. The zero-order valence-corrected chi connectivity index (χ0v) is 7.11. The van der Waals surface area contributed by atoms with Gasteiger partial charge in [-0.15, -0.1) is 0 Å². The first-order valence-corrected chi connectivity index (χ1v) is 4.02. The summed E-state index contributed by atoms with van der Waals surface area (Å²) in [6.45, 7) is 6.83. The van der Waals surface area contributed by atoms with Gasteiger partial charge in [0.2, 0.25) is 0 Å². The number of ketones is 1. The maximum Gasteiger partial charge on any atom is 0.149 e. The van der Waals surface area contributed by atoms with E-state index in [0.29, 0.717) is 12.2 Å². The third-order valence-electron chi connectivity index (χ3n) is 1.60. The van der Waals surface area contributed by atoms with Gasteiger partial charge in [0.15, 0.2) is 0 Å². The lowest BCUT2D eigenvalue weighted by Crippen LogP contribution is -2.35. The molecule has 0 bridgehead atoms. The second-order valence-corrected chi connectivity index (χ2v) is 2.34. The van der Waals surface area contributed by atoms with E-state index < -0.39 is 0 Å². The van der Waals surface area contributed by atoms with Crippen LogP contribution in [0.3, 0.4) is 0 Å². The van der Waals surface area contributed by atoms with Crippen molar-refractivity contribution < 1.29 is 6.22 Å². The Bertz CT molecular complexity index is 106. The molecule has 0 saturated heterocycles. The Morgan fingerprint density at radius 2 is 2.10 bits per heavy atom. The summed E-state index contributed by atoms with van der Waals surface area (Å²) in [5, 5.41) is 3.13. The molecule has 0 heterocycles. The third kappa shape index (κ3) is 2.97. The van der Waals surface area contributed by atoms with Gasteiger partial charge < -0.3 is 5.32 Å². The van der Waals surface area contributed by atoms with E-state index >= 15 is 0 Å². The van der Waals surface area contributed by atoms with Gasteiger partial charge in [0.1, 0.15) is 5.78 Å². The minimum absolute atomic E-state index is 0. The smallest absolute Gasteiger partial charge is 0.149 e. The lowest BCUT2D eigenvalue weighted by atomic mass is 10.1. The summed E-state index contributed by atoms with van der Waals surface area (Å²) in [7, 11) is 0. The van der Waals surface area contributed by atoms with Crippen LogP contribution in [0, 0.1) is 0 Å². The zero-order valence-electron chi connectivity index (χ0n) is 7.11. The molecule has 0 aliphatic heterocycles. The van der Waals surface area contributed by atoms with Crippen molar-refractivity contribution in [2.75, 3.05) is 6.54 Å². The second kappa shape index (κ2) is 5.42. The Balaban J connectivity index is 0. The predicted octanol–water partition coefficient (Wildman–Crippen LogP) is 1.60. The number of carbonyl (C=O) groups excluding carboxylic acids is 1. The molecule has 2 nitrogen and oxygen atoms in total.